The lowest BCUT2D eigenvalue weighted by atomic mass is 10.0. The summed E-state index contributed by atoms with van der Waals surface area (Å²) in [5, 5.41) is 10.1. The SMILES string of the molecule is COc1cccc(CC(O)c2ncccc2Br)c1F. The first-order valence-corrected chi connectivity index (χ1v) is 6.52. The second kappa shape index (κ2) is 6.12. The van der Waals surface area contributed by atoms with Crippen LogP contribution in [0.2, 0.25) is 0 Å². The van der Waals surface area contributed by atoms with Gasteiger partial charge in [0.1, 0.15) is 6.10 Å². The Hall–Kier alpha value is -1.46. The second-order valence-corrected chi connectivity index (χ2v) is 4.88. The number of nitrogens with zero attached hydrogens (tertiary/aromatic N) is 1. The van der Waals surface area contributed by atoms with E-state index in [1.807, 2.05) is 0 Å². The first-order chi connectivity index (χ1) is 9.13. The van der Waals surface area contributed by atoms with Crippen LogP contribution >= 0.6 is 15.9 Å². The molecule has 0 amide bonds. The second-order valence-electron chi connectivity index (χ2n) is 4.02. The zero-order valence-corrected chi connectivity index (χ0v) is 11.9. The van der Waals surface area contributed by atoms with Crippen molar-refractivity contribution in [1.82, 2.24) is 4.98 Å². The van der Waals surface area contributed by atoms with Gasteiger partial charge in [0.05, 0.1) is 12.8 Å². The van der Waals surface area contributed by atoms with Crippen LogP contribution < -0.4 is 4.74 Å². The molecule has 5 heteroatoms. The molecule has 19 heavy (non-hydrogen) atoms. The molecular weight excluding hydrogens is 313 g/mol. The number of pyridine rings is 1. The number of aliphatic hydroxyl groups is 1. The molecule has 0 saturated heterocycles. The third kappa shape index (κ3) is 3.11. The van der Waals surface area contributed by atoms with Crippen LogP contribution in [0.1, 0.15) is 17.4 Å². The summed E-state index contributed by atoms with van der Waals surface area (Å²) in [6.07, 6.45) is 0.848. The lowest BCUT2D eigenvalue weighted by Gasteiger charge is -2.13. The van der Waals surface area contributed by atoms with E-state index in [1.165, 1.54) is 7.11 Å². The van der Waals surface area contributed by atoms with Crippen molar-refractivity contribution in [3.63, 3.8) is 0 Å². The molecule has 1 aromatic heterocycles. The van der Waals surface area contributed by atoms with Gasteiger partial charge in [-0.1, -0.05) is 12.1 Å². The molecule has 0 spiro atoms. The molecule has 1 N–H and O–H groups in total. The summed E-state index contributed by atoms with van der Waals surface area (Å²) in [4.78, 5) is 4.10. The minimum absolute atomic E-state index is 0.138. The molecule has 0 aliphatic rings. The molecule has 1 aromatic carbocycles. The maximum absolute atomic E-state index is 14.0. The summed E-state index contributed by atoms with van der Waals surface area (Å²) < 4.78 is 19.6. The first-order valence-electron chi connectivity index (χ1n) is 5.73. The standard InChI is InChI=1S/C14H13BrFNO2/c1-19-12-6-2-4-9(13(12)16)8-11(18)14-10(15)5-3-7-17-14/h2-7,11,18H,8H2,1H3. The van der Waals surface area contributed by atoms with Crippen LogP contribution in [0, 0.1) is 5.82 Å². The van der Waals surface area contributed by atoms with E-state index in [0.717, 1.165) is 0 Å². The van der Waals surface area contributed by atoms with E-state index in [2.05, 4.69) is 20.9 Å². The quantitative estimate of drug-likeness (QED) is 0.938. The maximum atomic E-state index is 14.0. The number of benzene rings is 1. The third-order valence-electron chi connectivity index (χ3n) is 2.78. The van der Waals surface area contributed by atoms with Crippen LogP contribution in [0.3, 0.4) is 0 Å². The van der Waals surface area contributed by atoms with Gasteiger partial charge in [0, 0.05) is 17.1 Å². The molecular formula is C14H13BrFNO2. The van der Waals surface area contributed by atoms with Gasteiger partial charge >= 0.3 is 0 Å². The number of hydrogen-bond acceptors (Lipinski definition) is 3. The van der Waals surface area contributed by atoms with Crippen molar-refractivity contribution in [1.29, 1.82) is 0 Å². The lowest BCUT2D eigenvalue weighted by Crippen LogP contribution is -2.07. The Kier molecular flexibility index (Phi) is 4.50. The Morgan fingerprint density at radius 1 is 1.37 bits per heavy atom. The van der Waals surface area contributed by atoms with E-state index in [0.29, 0.717) is 15.7 Å². The minimum Gasteiger partial charge on any atom is -0.494 e. The molecule has 0 bridgehead atoms. The van der Waals surface area contributed by atoms with E-state index in [4.69, 9.17) is 4.74 Å². The smallest absolute Gasteiger partial charge is 0.168 e. The first kappa shape index (κ1) is 14.0. The summed E-state index contributed by atoms with van der Waals surface area (Å²) >= 11 is 3.32. The van der Waals surface area contributed by atoms with E-state index in [-0.39, 0.29) is 12.2 Å². The monoisotopic (exact) mass is 325 g/mol. The van der Waals surface area contributed by atoms with Gasteiger partial charge < -0.3 is 9.84 Å². The average molecular weight is 326 g/mol. The van der Waals surface area contributed by atoms with E-state index in [9.17, 15) is 9.50 Å². The Morgan fingerprint density at radius 2 is 2.16 bits per heavy atom. The van der Waals surface area contributed by atoms with Crippen molar-refractivity contribution < 1.29 is 14.2 Å². The summed E-state index contributed by atoms with van der Waals surface area (Å²) in [6.45, 7) is 0. The fourth-order valence-electron chi connectivity index (χ4n) is 1.82. The molecule has 2 rings (SSSR count). The van der Waals surface area contributed by atoms with Crippen LogP contribution in [0.15, 0.2) is 41.0 Å². The zero-order valence-electron chi connectivity index (χ0n) is 10.3. The number of ether oxygens (including phenoxy) is 1. The largest absolute Gasteiger partial charge is 0.494 e. The van der Waals surface area contributed by atoms with Crippen molar-refractivity contribution in [2.24, 2.45) is 0 Å². The highest BCUT2D eigenvalue weighted by molar-refractivity contribution is 9.10. The topological polar surface area (TPSA) is 42.4 Å². The number of aromatic nitrogens is 1. The normalized spacial score (nSPS) is 12.2. The number of rotatable bonds is 4. The van der Waals surface area contributed by atoms with Crippen LogP contribution in [0.25, 0.3) is 0 Å². The highest BCUT2D eigenvalue weighted by atomic mass is 79.9. The molecule has 1 atom stereocenters. The molecule has 0 aliphatic heterocycles. The Bertz CT molecular complexity index is 577. The van der Waals surface area contributed by atoms with Crippen molar-refractivity contribution in [2.45, 2.75) is 12.5 Å². The van der Waals surface area contributed by atoms with Crippen molar-refractivity contribution in [3.8, 4) is 5.75 Å². The molecule has 0 fully saturated rings. The van der Waals surface area contributed by atoms with Gasteiger partial charge in [0.15, 0.2) is 11.6 Å². The van der Waals surface area contributed by atoms with E-state index in [1.54, 1.807) is 36.5 Å². The molecule has 1 unspecified atom stereocenters. The predicted molar refractivity (Wildman–Crippen MR) is 73.6 cm³/mol. The summed E-state index contributed by atoms with van der Waals surface area (Å²) in [5.74, 6) is -0.277. The summed E-state index contributed by atoms with van der Waals surface area (Å²) in [7, 11) is 1.41. The lowest BCUT2D eigenvalue weighted by molar-refractivity contribution is 0.171. The van der Waals surface area contributed by atoms with E-state index < -0.39 is 11.9 Å². The van der Waals surface area contributed by atoms with Crippen molar-refractivity contribution in [3.05, 3.63) is 58.1 Å². The molecule has 0 radical (unpaired) electrons. The zero-order chi connectivity index (χ0) is 13.8. The Balaban J connectivity index is 2.24. The van der Waals surface area contributed by atoms with Crippen molar-refractivity contribution >= 4 is 15.9 Å². The van der Waals surface area contributed by atoms with Gasteiger partial charge in [0.25, 0.3) is 0 Å². The number of aliphatic hydroxyl groups excluding tert-OH is 1. The Morgan fingerprint density at radius 3 is 2.84 bits per heavy atom. The number of methoxy groups -OCH3 is 1. The van der Waals surface area contributed by atoms with Gasteiger partial charge in [-0.3, -0.25) is 4.98 Å². The maximum Gasteiger partial charge on any atom is 0.168 e. The van der Waals surface area contributed by atoms with Crippen LogP contribution in [-0.4, -0.2) is 17.2 Å². The predicted octanol–water partition coefficient (Wildman–Crippen LogP) is 3.27. The van der Waals surface area contributed by atoms with Crippen LogP contribution in [0.4, 0.5) is 4.39 Å². The van der Waals surface area contributed by atoms with Crippen LogP contribution in [0.5, 0.6) is 5.75 Å². The average Bonchev–Trinajstić information content (AvgIpc) is 2.41. The van der Waals surface area contributed by atoms with Gasteiger partial charge in [0.2, 0.25) is 0 Å². The van der Waals surface area contributed by atoms with E-state index >= 15 is 0 Å². The number of hydrogen-bond donors (Lipinski definition) is 1. The van der Waals surface area contributed by atoms with Gasteiger partial charge in [-0.2, -0.15) is 0 Å². The van der Waals surface area contributed by atoms with Gasteiger partial charge in [-0.25, -0.2) is 4.39 Å². The number of halogens is 2. The van der Waals surface area contributed by atoms with Crippen molar-refractivity contribution in [2.75, 3.05) is 7.11 Å². The third-order valence-corrected chi connectivity index (χ3v) is 3.45. The fraction of sp³-hybridized carbons (Fsp3) is 0.214. The molecule has 3 nitrogen and oxygen atoms in total. The molecule has 0 saturated carbocycles. The van der Waals surface area contributed by atoms with Gasteiger partial charge in [-0.05, 0) is 39.7 Å². The molecule has 1 heterocycles. The van der Waals surface area contributed by atoms with Crippen LogP contribution in [-0.2, 0) is 6.42 Å². The molecule has 0 aliphatic carbocycles. The fourth-order valence-corrected chi connectivity index (χ4v) is 2.34. The summed E-state index contributed by atoms with van der Waals surface area (Å²) in [6, 6.07) is 8.40. The highest BCUT2D eigenvalue weighted by Crippen LogP contribution is 2.27. The minimum atomic E-state index is -0.878. The molecule has 100 valence electrons. The molecule has 2 aromatic rings. The summed E-state index contributed by atoms with van der Waals surface area (Å²) in [5.41, 5.74) is 0.883. The highest BCUT2D eigenvalue weighted by Gasteiger charge is 2.17. The Labute approximate surface area is 119 Å². The van der Waals surface area contributed by atoms with Gasteiger partial charge in [-0.15, -0.1) is 0 Å².